The molecule has 0 aliphatic carbocycles. The monoisotopic (exact) mass is 399 g/mol. The number of Topliss-reactive ketones (excluding diaryl/α,β-unsaturated/α-hetero) is 1. The van der Waals surface area contributed by atoms with Gasteiger partial charge in [0, 0.05) is 10.9 Å². The van der Waals surface area contributed by atoms with Crippen molar-refractivity contribution >= 4 is 28.4 Å². The third-order valence-electron chi connectivity index (χ3n) is 4.79. The van der Waals surface area contributed by atoms with Gasteiger partial charge in [0.05, 0.1) is 12.1 Å². The zero-order chi connectivity index (χ0) is 20.9. The van der Waals surface area contributed by atoms with E-state index in [1.807, 2.05) is 72.8 Å². The predicted molar refractivity (Wildman–Crippen MR) is 116 cm³/mol. The van der Waals surface area contributed by atoms with Gasteiger partial charge in [-0.15, -0.1) is 0 Å². The highest BCUT2D eigenvalue weighted by Crippen LogP contribution is 2.27. The molecule has 6 nitrogen and oxygen atoms in total. The maximum atomic E-state index is 12.2. The van der Waals surface area contributed by atoms with Crippen LogP contribution in [-0.2, 0) is 16.1 Å². The first-order chi connectivity index (χ1) is 14.6. The van der Waals surface area contributed by atoms with Crippen LogP contribution in [0.2, 0.25) is 0 Å². The van der Waals surface area contributed by atoms with Crippen molar-refractivity contribution in [3.8, 4) is 11.1 Å². The molecule has 1 amide bonds. The smallest absolute Gasteiger partial charge is 0.251 e. The van der Waals surface area contributed by atoms with Crippen LogP contribution < -0.4 is 5.32 Å². The van der Waals surface area contributed by atoms with Gasteiger partial charge < -0.3 is 10.1 Å². The molecule has 0 saturated carbocycles. The molecule has 0 fully saturated rings. The minimum Gasteiger partial charge on any atom is -0.367 e. The molecular weight excluding hydrogens is 378 g/mol. The lowest BCUT2D eigenvalue weighted by molar-refractivity contribution is -0.121. The summed E-state index contributed by atoms with van der Waals surface area (Å²) in [7, 11) is 0. The second-order valence-electron chi connectivity index (χ2n) is 6.99. The molecule has 0 spiro atoms. The molecule has 0 saturated heterocycles. The third kappa shape index (κ3) is 4.45. The molecule has 4 rings (SSSR count). The second-order valence-corrected chi connectivity index (χ2v) is 6.99. The molecule has 0 aliphatic heterocycles. The fourth-order valence-electron chi connectivity index (χ4n) is 3.20. The van der Waals surface area contributed by atoms with Crippen LogP contribution in [0.3, 0.4) is 0 Å². The second kappa shape index (κ2) is 8.71. The number of fused-ring (bicyclic) bond motifs is 1. The van der Waals surface area contributed by atoms with E-state index in [0.29, 0.717) is 18.0 Å². The normalized spacial score (nSPS) is 10.8. The Bertz CT molecular complexity index is 1180. The fourth-order valence-corrected chi connectivity index (χ4v) is 3.20. The molecule has 4 aromatic rings. The summed E-state index contributed by atoms with van der Waals surface area (Å²) < 4.78 is 5.47. The molecule has 6 heteroatoms. The highest BCUT2D eigenvalue weighted by atomic mass is 16.5. The molecule has 0 radical (unpaired) electrons. The summed E-state index contributed by atoms with van der Waals surface area (Å²) in [5.41, 5.74) is 4.49. The number of benzene rings is 3. The van der Waals surface area contributed by atoms with Crippen molar-refractivity contribution < 1.29 is 14.3 Å². The zero-order valence-electron chi connectivity index (χ0n) is 16.5. The van der Waals surface area contributed by atoms with Crippen molar-refractivity contribution in [2.45, 2.75) is 13.5 Å². The number of ketones is 1. The van der Waals surface area contributed by atoms with Crippen LogP contribution in [0, 0.1) is 0 Å². The molecule has 150 valence electrons. The van der Waals surface area contributed by atoms with Crippen molar-refractivity contribution in [1.82, 2.24) is 10.2 Å². The van der Waals surface area contributed by atoms with Crippen molar-refractivity contribution in [1.29, 1.82) is 0 Å². The number of aromatic amines is 1. The summed E-state index contributed by atoms with van der Waals surface area (Å²) in [4.78, 5) is 23.6. The number of aromatic nitrogens is 2. The number of rotatable bonds is 7. The lowest BCUT2D eigenvalue weighted by Crippen LogP contribution is -2.18. The maximum Gasteiger partial charge on any atom is 0.251 e. The lowest BCUT2D eigenvalue weighted by atomic mass is 10.0. The molecule has 0 atom stereocenters. The summed E-state index contributed by atoms with van der Waals surface area (Å²) in [6.07, 6.45) is 0. The van der Waals surface area contributed by atoms with Crippen molar-refractivity contribution in [3.63, 3.8) is 0 Å². The Kier molecular flexibility index (Phi) is 5.68. The molecule has 3 aromatic carbocycles. The van der Waals surface area contributed by atoms with Crippen molar-refractivity contribution in [2.24, 2.45) is 0 Å². The van der Waals surface area contributed by atoms with Crippen molar-refractivity contribution in [3.05, 3.63) is 83.9 Å². The molecular formula is C24H21N3O3. The minimum atomic E-state index is -0.261. The average Bonchev–Trinajstić information content (AvgIpc) is 3.16. The van der Waals surface area contributed by atoms with E-state index in [1.165, 1.54) is 0 Å². The van der Waals surface area contributed by atoms with Crippen LogP contribution in [0.4, 0.5) is 5.82 Å². The van der Waals surface area contributed by atoms with E-state index in [-0.39, 0.29) is 18.3 Å². The standard InChI is InChI=1S/C24H21N3O3/c1-16(28)18-7-9-19(10-8-18)20-11-12-21-22(13-20)26-27-24(21)25-23(29)15-30-14-17-5-3-2-4-6-17/h2-13H,14-15H2,1H3,(H2,25,26,27,29). The van der Waals surface area contributed by atoms with Crippen LogP contribution in [0.15, 0.2) is 72.8 Å². The van der Waals surface area contributed by atoms with Gasteiger partial charge in [-0.2, -0.15) is 5.10 Å². The first kappa shape index (κ1) is 19.5. The van der Waals surface area contributed by atoms with Gasteiger partial charge in [-0.05, 0) is 35.7 Å². The zero-order valence-corrected chi connectivity index (χ0v) is 16.5. The van der Waals surface area contributed by atoms with Crippen LogP contribution in [0.25, 0.3) is 22.0 Å². The number of carbonyl (C=O) groups excluding carboxylic acids is 2. The van der Waals surface area contributed by atoms with E-state index in [1.54, 1.807) is 6.92 Å². The molecule has 1 heterocycles. The number of carbonyl (C=O) groups is 2. The average molecular weight is 399 g/mol. The number of ether oxygens (including phenoxy) is 1. The largest absolute Gasteiger partial charge is 0.367 e. The Morgan fingerprint density at radius 2 is 1.70 bits per heavy atom. The van der Waals surface area contributed by atoms with Crippen molar-refractivity contribution in [2.75, 3.05) is 11.9 Å². The highest BCUT2D eigenvalue weighted by Gasteiger charge is 2.11. The Hall–Kier alpha value is -3.77. The van der Waals surface area contributed by atoms with Gasteiger partial charge in [0.1, 0.15) is 6.61 Å². The van der Waals surface area contributed by atoms with Gasteiger partial charge in [-0.25, -0.2) is 0 Å². The molecule has 0 aliphatic rings. The summed E-state index contributed by atoms with van der Waals surface area (Å²) in [6, 6.07) is 23.0. The van der Waals surface area contributed by atoms with Gasteiger partial charge in [-0.1, -0.05) is 60.7 Å². The van der Waals surface area contributed by atoms with E-state index < -0.39 is 0 Å². The summed E-state index contributed by atoms with van der Waals surface area (Å²) in [6.45, 7) is 1.87. The lowest BCUT2D eigenvalue weighted by Gasteiger charge is -2.06. The van der Waals surface area contributed by atoms with E-state index in [0.717, 1.165) is 27.6 Å². The minimum absolute atomic E-state index is 0.0405. The predicted octanol–water partition coefficient (Wildman–Crippen LogP) is 4.59. The van der Waals surface area contributed by atoms with Gasteiger partial charge in [0.25, 0.3) is 5.91 Å². The van der Waals surface area contributed by atoms with Crippen LogP contribution >= 0.6 is 0 Å². The molecule has 30 heavy (non-hydrogen) atoms. The maximum absolute atomic E-state index is 12.2. The first-order valence-electron chi connectivity index (χ1n) is 9.61. The van der Waals surface area contributed by atoms with Crippen LogP contribution in [-0.4, -0.2) is 28.5 Å². The number of hydrogen-bond acceptors (Lipinski definition) is 4. The third-order valence-corrected chi connectivity index (χ3v) is 4.79. The molecule has 2 N–H and O–H groups in total. The fraction of sp³-hybridized carbons (Fsp3) is 0.125. The topological polar surface area (TPSA) is 84.1 Å². The highest BCUT2D eigenvalue weighted by molar-refractivity contribution is 6.01. The quantitative estimate of drug-likeness (QED) is 0.445. The van der Waals surface area contributed by atoms with E-state index in [4.69, 9.17) is 4.74 Å². The van der Waals surface area contributed by atoms with Gasteiger partial charge >= 0.3 is 0 Å². The van der Waals surface area contributed by atoms with E-state index in [2.05, 4.69) is 15.5 Å². The number of hydrogen-bond donors (Lipinski definition) is 2. The number of nitrogens with zero attached hydrogens (tertiary/aromatic N) is 1. The number of amides is 1. The summed E-state index contributed by atoms with van der Waals surface area (Å²) in [5.74, 6) is 0.249. The number of anilines is 1. The Balaban J connectivity index is 1.42. The van der Waals surface area contributed by atoms with Crippen LogP contribution in [0.1, 0.15) is 22.8 Å². The Labute approximate surface area is 173 Å². The number of H-pyrrole nitrogens is 1. The SMILES string of the molecule is CC(=O)c1ccc(-c2ccc3c(NC(=O)COCc4ccccc4)n[nH]c3c2)cc1. The van der Waals surface area contributed by atoms with E-state index in [9.17, 15) is 9.59 Å². The summed E-state index contributed by atoms with van der Waals surface area (Å²) in [5, 5.41) is 10.8. The Morgan fingerprint density at radius 1 is 0.967 bits per heavy atom. The Morgan fingerprint density at radius 3 is 2.43 bits per heavy atom. The molecule has 1 aromatic heterocycles. The van der Waals surface area contributed by atoms with Gasteiger partial charge in [0.15, 0.2) is 11.6 Å². The molecule has 0 unspecified atom stereocenters. The summed E-state index contributed by atoms with van der Waals surface area (Å²) >= 11 is 0. The van der Waals surface area contributed by atoms with Crippen LogP contribution in [0.5, 0.6) is 0 Å². The first-order valence-corrected chi connectivity index (χ1v) is 9.61. The number of nitrogens with one attached hydrogen (secondary N) is 2. The van der Waals surface area contributed by atoms with E-state index >= 15 is 0 Å². The molecule has 0 bridgehead atoms. The van der Waals surface area contributed by atoms with Gasteiger partial charge in [0.2, 0.25) is 0 Å². The van der Waals surface area contributed by atoms with Gasteiger partial charge in [-0.3, -0.25) is 14.7 Å².